The van der Waals surface area contributed by atoms with E-state index in [1.54, 1.807) is 6.92 Å². The van der Waals surface area contributed by atoms with Crippen molar-refractivity contribution in [3.63, 3.8) is 0 Å². The third-order valence-electron chi connectivity index (χ3n) is 2.32. The van der Waals surface area contributed by atoms with Crippen molar-refractivity contribution in [3.8, 4) is 0 Å². The summed E-state index contributed by atoms with van der Waals surface area (Å²) in [6, 6.07) is 3.23. The van der Waals surface area contributed by atoms with Gasteiger partial charge in [-0.25, -0.2) is 8.78 Å². The van der Waals surface area contributed by atoms with Crippen molar-refractivity contribution in [1.29, 1.82) is 0 Å². The summed E-state index contributed by atoms with van der Waals surface area (Å²) in [7, 11) is 0. The van der Waals surface area contributed by atoms with Crippen molar-refractivity contribution in [1.82, 2.24) is 5.32 Å². The van der Waals surface area contributed by atoms with Crippen LogP contribution in [0.2, 0.25) is 0 Å². The second kappa shape index (κ2) is 6.30. The number of aliphatic hydroxyl groups excluding tert-OH is 1. The van der Waals surface area contributed by atoms with Gasteiger partial charge in [0.15, 0.2) is 11.6 Å². The zero-order chi connectivity index (χ0) is 12.8. The lowest BCUT2D eigenvalue weighted by Crippen LogP contribution is -2.34. The number of hydrogen-bond donors (Lipinski definition) is 2. The van der Waals surface area contributed by atoms with Crippen molar-refractivity contribution in [2.24, 2.45) is 0 Å². The van der Waals surface area contributed by atoms with E-state index in [0.29, 0.717) is 12.0 Å². The molecule has 0 spiro atoms. The van der Waals surface area contributed by atoms with Crippen LogP contribution in [0.4, 0.5) is 8.78 Å². The van der Waals surface area contributed by atoms with Crippen molar-refractivity contribution in [3.05, 3.63) is 35.4 Å². The van der Waals surface area contributed by atoms with E-state index in [1.807, 2.05) is 0 Å². The third kappa shape index (κ3) is 4.48. The SMILES string of the molecule is CC(CCO)NC(=O)Cc1ccc(F)c(F)c1. The van der Waals surface area contributed by atoms with Gasteiger partial charge < -0.3 is 10.4 Å². The van der Waals surface area contributed by atoms with Crippen LogP contribution in [-0.4, -0.2) is 23.7 Å². The van der Waals surface area contributed by atoms with Gasteiger partial charge >= 0.3 is 0 Å². The molecule has 0 aromatic heterocycles. The molecule has 0 fully saturated rings. The van der Waals surface area contributed by atoms with Crippen molar-refractivity contribution in [2.45, 2.75) is 25.8 Å². The number of aliphatic hydroxyl groups is 1. The molecule has 1 rings (SSSR count). The highest BCUT2D eigenvalue weighted by Gasteiger charge is 2.09. The normalized spacial score (nSPS) is 12.2. The summed E-state index contributed by atoms with van der Waals surface area (Å²) in [4.78, 5) is 11.5. The first-order valence-corrected chi connectivity index (χ1v) is 5.37. The lowest BCUT2D eigenvalue weighted by atomic mass is 10.1. The monoisotopic (exact) mass is 243 g/mol. The second-order valence-corrected chi connectivity index (χ2v) is 3.91. The Morgan fingerprint density at radius 2 is 2.12 bits per heavy atom. The van der Waals surface area contributed by atoms with E-state index in [4.69, 9.17) is 5.11 Å². The van der Waals surface area contributed by atoms with Crippen LogP contribution in [0.5, 0.6) is 0 Å². The summed E-state index contributed by atoms with van der Waals surface area (Å²) in [6.07, 6.45) is 0.455. The van der Waals surface area contributed by atoms with Crippen LogP contribution in [0.25, 0.3) is 0 Å². The molecule has 0 saturated carbocycles. The van der Waals surface area contributed by atoms with Gasteiger partial charge in [0.1, 0.15) is 0 Å². The maximum Gasteiger partial charge on any atom is 0.224 e. The van der Waals surface area contributed by atoms with Gasteiger partial charge in [-0.2, -0.15) is 0 Å². The minimum atomic E-state index is -0.960. The maximum atomic E-state index is 12.9. The van der Waals surface area contributed by atoms with Crippen molar-refractivity contribution < 1.29 is 18.7 Å². The fourth-order valence-corrected chi connectivity index (χ4v) is 1.43. The van der Waals surface area contributed by atoms with Crippen LogP contribution in [-0.2, 0) is 11.2 Å². The van der Waals surface area contributed by atoms with E-state index in [9.17, 15) is 13.6 Å². The highest BCUT2D eigenvalue weighted by molar-refractivity contribution is 5.78. The number of benzene rings is 1. The quantitative estimate of drug-likeness (QED) is 0.821. The van der Waals surface area contributed by atoms with E-state index >= 15 is 0 Å². The number of carbonyl (C=O) groups is 1. The Morgan fingerprint density at radius 3 is 2.71 bits per heavy atom. The Bertz CT molecular complexity index is 396. The molecule has 0 radical (unpaired) electrons. The summed E-state index contributed by atoms with van der Waals surface area (Å²) in [5.74, 6) is -2.17. The fraction of sp³-hybridized carbons (Fsp3) is 0.417. The summed E-state index contributed by atoms with van der Waals surface area (Å²) in [5.41, 5.74) is 0.414. The van der Waals surface area contributed by atoms with Crippen molar-refractivity contribution in [2.75, 3.05) is 6.61 Å². The fourth-order valence-electron chi connectivity index (χ4n) is 1.43. The molecule has 0 aliphatic heterocycles. The van der Waals surface area contributed by atoms with E-state index in [-0.39, 0.29) is 25.0 Å². The number of rotatable bonds is 5. The first-order chi connectivity index (χ1) is 8.02. The minimum absolute atomic E-state index is 0.00698. The summed E-state index contributed by atoms with van der Waals surface area (Å²) >= 11 is 0. The Labute approximate surface area is 98.5 Å². The van der Waals surface area contributed by atoms with Gasteiger partial charge in [0, 0.05) is 12.6 Å². The Hall–Kier alpha value is -1.49. The molecule has 1 aromatic rings. The molecule has 3 nitrogen and oxygen atoms in total. The van der Waals surface area contributed by atoms with Gasteiger partial charge in [0.2, 0.25) is 5.91 Å². The van der Waals surface area contributed by atoms with Crippen LogP contribution >= 0.6 is 0 Å². The predicted molar refractivity (Wildman–Crippen MR) is 59.4 cm³/mol. The van der Waals surface area contributed by atoms with Gasteiger partial charge in [0.25, 0.3) is 0 Å². The molecule has 1 aromatic carbocycles. The molecule has 1 atom stereocenters. The molecule has 0 aliphatic carbocycles. The van der Waals surface area contributed by atoms with E-state index in [0.717, 1.165) is 12.1 Å². The van der Waals surface area contributed by atoms with E-state index < -0.39 is 11.6 Å². The summed E-state index contributed by atoms with van der Waals surface area (Å²) in [6.45, 7) is 1.76. The molecule has 0 heterocycles. The average molecular weight is 243 g/mol. The zero-order valence-electron chi connectivity index (χ0n) is 9.54. The molecule has 0 aliphatic rings. The smallest absolute Gasteiger partial charge is 0.224 e. The van der Waals surface area contributed by atoms with Crippen LogP contribution < -0.4 is 5.32 Å². The second-order valence-electron chi connectivity index (χ2n) is 3.91. The van der Waals surface area contributed by atoms with Crippen LogP contribution in [0.3, 0.4) is 0 Å². The molecular formula is C12H15F2NO2. The molecule has 1 unspecified atom stereocenters. The molecular weight excluding hydrogens is 228 g/mol. The van der Waals surface area contributed by atoms with E-state index in [1.165, 1.54) is 6.07 Å². The van der Waals surface area contributed by atoms with Crippen LogP contribution in [0.15, 0.2) is 18.2 Å². The first kappa shape index (κ1) is 13.6. The predicted octanol–water partition coefficient (Wildman–Crippen LogP) is 1.39. The molecule has 2 N–H and O–H groups in total. The van der Waals surface area contributed by atoms with Gasteiger partial charge in [-0.1, -0.05) is 6.07 Å². The van der Waals surface area contributed by atoms with Crippen LogP contribution in [0.1, 0.15) is 18.9 Å². The summed E-state index contributed by atoms with van der Waals surface area (Å²) in [5, 5.41) is 11.3. The molecule has 0 bridgehead atoms. The largest absolute Gasteiger partial charge is 0.396 e. The first-order valence-electron chi connectivity index (χ1n) is 5.37. The molecule has 94 valence electrons. The number of carbonyl (C=O) groups excluding carboxylic acids is 1. The topological polar surface area (TPSA) is 49.3 Å². The average Bonchev–Trinajstić information content (AvgIpc) is 2.23. The van der Waals surface area contributed by atoms with Gasteiger partial charge in [-0.15, -0.1) is 0 Å². The lowest BCUT2D eigenvalue weighted by molar-refractivity contribution is -0.121. The highest BCUT2D eigenvalue weighted by Crippen LogP contribution is 2.09. The molecule has 17 heavy (non-hydrogen) atoms. The van der Waals surface area contributed by atoms with Crippen molar-refractivity contribution >= 4 is 5.91 Å². The Morgan fingerprint density at radius 1 is 1.41 bits per heavy atom. The van der Waals surface area contributed by atoms with Crippen LogP contribution in [0, 0.1) is 11.6 Å². The molecule has 1 amide bonds. The minimum Gasteiger partial charge on any atom is -0.396 e. The summed E-state index contributed by atoms with van der Waals surface area (Å²) < 4.78 is 25.5. The number of halogens is 2. The highest BCUT2D eigenvalue weighted by atomic mass is 19.2. The Balaban J connectivity index is 2.53. The maximum absolute atomic E-state index is 12.9. The molecule has 5 heteroatoms. The standard InChI is InChI=1S/C12H15F2NO2/c1-8(4-5-16)15-12(17)7-9-2-3-10(13)11(14)6-9/h2-3,6,8,16H,4-5,7H2,1H3,(H,15,17). The third-order valence-corrected chi connectivity index (χ3v) is 2.32. The number of amides is 1. The van der Waals surface area contributed by atoms with E-state index in [2.05, 4.69) is 5.32 Å². The molecule has 0 saturated heterocycles. The number of hydrogen-bond acceptors (Lipinski definition) is 2. The zero-order valence-corrected chi connectivity index (χ0v) is 9.54. The van der Waals surface area contributed by atoms with Gasteiger partial charge in [0.05, 0.1) is 6.42 Å². The Kier molecular flexibility index (Phi) is 5.03. The lowest BCUT2D eigenvalue weighted by Gasteiger charge is -2.12. The van der Waals surface area contributed by atoms with Gasteiger partial charge in [-0.3, -0.25) is 4.79 Å². The number of nitrogens with one attached hydrogen (secondary N) is 1. The van der Waals surface area contributed by atoms with Gasteiger partial charge in [-0.05, 0) is 31.0 Å².